The molecule has 2 N–H and O–H groups in total. The van der Waals surface area contributed by atoms with Crippen LogP contribution in [0.4, 0.5) is 0 Å². The quantitative estimate of drug-likeness (QED) is 0.605. The highest BCUT2D eigenvalue weighted by atomic mass is 35.5. The van der Waals surface area contributed by atoms with E-state index >= 15 is 0 Å². The molecule has 0 bridgehead atoms. The van der Waals surface area contributed by atoms with Gasteiger partial charge in [-0.1, -0.05) is 41.6 Å². The summed E-state index contributed by atoms with van der Waals surface area (Å²) in [5.41, 5.74) is 0.749. The lowest BCUT2D eigenvalue weighted by molar-refractivity contribution is -0.126. The normalized spacial score (nSPS) is 20.3. The van der Waals surface area contributed by atoms with Gasteiger partial charge in [0.25, 0.3) is 0 Å². The van der Waals surface area contributed by atoms with Crippen LogP contribution in [0.5, 0.6) is 0 Å². The van der Waals surface area contributed by atoms with Gasteiger partial charge in [0.2, 0.25) is 11.8 Å². The molecule has 6 heteroatoms. The second-order valence-corrected chi connectivity index (χ2v) is 7.20. The Morgan fingerprint density at radius 1 is 1.23 bits per heavy atom. The third-order valence-electron chi connectivity index (χ3n) is 4.34. The molecular weight excluding hydrogens is 371 g/mol. The van der Waals surface area contributed by atoms with E-state index in [2.05, 4.69) is 29.1 Å². The molecule has 0 aromatic heterocycles. The number of carbonyl (C=O) groups excluding carboxylic acids is 2. The molecule has 1 atom stereocenters. The highest BCUT2D eigenvalue weighted by Gasteiger charge is 2.27. The van der Waals surface area contributed by atoms with Crippen molar-refractivity contribution >= 4 is 35.0 Å². The van der Waals surface area contributed by atoms with E-state index in [9.17, 15) is 9.59 Å². The van der Waals surface area contributed by atoms with Crippen molar-refractivity contribution in [2.24, 2.45) is 5.92 Å². The van der Waals surface area contributed by atoms with E-state index in [1.807, 2.05) is 6.92 Å². The molecule has 0 spiro atoms. The number of benzene rings is 1. The lowest BCUT2D eigenvalue weighted by Gasteiger charge is -2.28. The Morgan fingerprint density at radius 2 is 1.92 bits per heavy atom. The number of nitrogens with one attached hydrogen (secondary N) is 2. The van der Waals surface area contributed by atoms with Gasteiger partial charge in [-0.25, -0.2) is 0 Å². The molecule has 26 heavy (non-hydrogen) atoms. The second kappa shape index (κ2) is 9.66. The minimum atomic E-state index is -0.268. The van der Waals surface area contributed by atoms with Gasteiger partial charge in [0.05, 0.1) is 16.1 Å². The number of hydrogen-bond acceptors (Lipinski definition) is 2. The van der Waals surface area contributed by atoms with Crippen molar-refractivity contribution in [2.75, 3.05) is 0 Å². The highest BCUT2D eigenvalue weighted by molar-refractivity contribution is 6.42. The zero-order valence-electron chi connectivity index (χ0n) is 14.6. The second-order valence-electron chi connectivity index (χ2n) is 6.39. The Balaban J connectivity index is 1.82. The van der Waals surface area contributed by atoms with Gasteiger partial charge in [-0.2, -0.15) is 0 Å². The maximum Gasteiger partial charge on any atom is 0.243 e. The molecule has 1 aromatic rings. The average molecular weight is 393 g/mol. The van der Waals surface area contributed by atoms with Crippen LogP contribution in [-0.2, 0) is 9.59 Å². The molecule has 2 amide bonds. The van der Waals surface area contributed by atoms with Crippen molar-refractivity contribution in [2.45, 2.75) is 44.7 Å². The van der Waals surface area contributed by atoms with Crippen LogP contribution in [0.3, 0.4) is 0 Å². The molecule has 1 fully saturated rings. The van der Waals surface area contributed by atoms with Crippen LogP contribution in [-0.4, -0.2) is 23.9 Å². The first-order chi connectivity index (χ1) is 12.4. The van der Waals surface area contributed by atoms with Crippen LogP contribution < -0.4 is 10.6 Å². The van der Waals surface area contributed by atoms with Crippen LogP contribution in [0, 0.1) is 17.8 Å². The largest absolute Gasteiger partial charge is 0.350 e. The molecule has 0 saturated heterocycles. The van der Waals surface area contributed by atoms with Crippen LogP contribution in [0.25, 0.3) is 0 Å². The molecule has 1 aliphatic rings. The predicted octanol–water partition coefficient (Wildman–Crippen LogP) is 3.71. The summed E-state index contributed by atoms with van der Waals surface area (Å²) in [6.45, 7) is 5.29. The van der Waals surface area contributed by atoms with Gasteiger partial charge in [-0.05, 0) is 56.9 Å². The van der Waals surface area contributed by atoms with E-state index in [0.29, 0.717) is 10.0 Å². The van der Waals surface area contributed by atoms with Crippen molar-refractivity contribution in [3.8, 4) is 11.8 Å². The number of halogens is 2. The smallest absolute Gasteiger partial charge is 0.243 e. The van der Waals surface area contributed by atoms with E-state index in [0.717, 1.165) is 31.2 Å². The Bertz CT molecular complexity index is 744. The summed E-state index contributed by atoms with van der Waals surface area (Å²) in [6, 6.07) is 5.03. The fraction of sp³-hybridized carbons (Fsp3) is 0.400. The minimum absolute atomic E-state index is 0.00874. The first-order valence-electron chi connectivity index (χ1n) is 8.59. The monoisotopic (exact) mass is 392 g/mol. The van der Waals surface area contributed by atoms with Crippen molar-refractivity contribution < 1.29 is 9.59 Å². The fourth-order valence-electron chi connectivity index (χ4n) is 2.89. The summed E-state index contributed by atoms with van der Waals surface area (Å²) in [5.74, 6) is 5.80. The molecule has 1 aliphatic carbocycles. The maximum atomic E-state index is 12.4. The van der Waals surface area contributed by atoms with Crippen LogP contribution in [0.15, 0.2) is 30.9 Å². The molecule has 138 valence electrons. The summed E-state index contributed by atoms with van der Waals surface area (Å²) < 4.78 is 0. The third-order valence-corrected chi connectivity index (χ3v) is 5.08. The Hall–Kier alpha value is -1.96. The number of rotatable bonds is 4. The minimum Gasteiger partial charge on any atom is -0.350 e. The van der Waals surface area contributed by atoms with Gasteiger partial charge in [0, 0.05) is 17.5 Å². The van der Waals surface area contributed by atoms with E-state index in [1.54, 1.807) is 18.2 Å². The summed E-state index contributed by atoms with van der Waals surface area (Å²) in [4.78, 5) is 23.7. The summed E-state index contributed by atoms with van der Waals surface area (Å²) in [7, 11) is 0. The predicted molar refractivity (Wildman–Crippen MR) is 105 cm³/mol. The zero-order chi connectivity index (χ0) is 19.1. The van der Waals surface area contributed by atoms with Crippen molar-refractivity contribution in [1.29, 1.82) is 0 Å². The Labute approximate surface area is 164 Å². The van der Waals surface area contributed by atoms with E-state index in [4.69, 9.17) is 23.2 Å². The van der Waals surface area contributed by atoms with Crippen molar-refractivity contribution in [3.63, 3.8) is 0 Å². The first-order valence-corrected chi connectivity index (χ1v) is 9.34. The standard InChI is InChI=1S/C20H22Cl2N2O2/c1-3-19(25)24-16-9-7-15(8-10-16)20(26)23-13(2)4-5-14-6-11-17(21)18(22)12-14/h3,6,11-13,15-16H,1,7-10H2,2H3,(H,23,26)(H,24,25)/t13?,15-,16-. The molecule has 1 saturated carbocycles. The topological polar surface area (TPSA) is 58.2 Å². The van der Waals surface area contributed by atoms with Gasteiger partial charge in [0.15, 0.2) is 0 Å². The lowest BCUT2D eigenvalue weighted by Crippen LogP contribution is -2.42. The van der Waals surface area contributed by atoms with E-state index in [1.165, 1.54) is 6.08 Å². The molecule has 0 heterocycles. The Morgan fingerprint density at radius 3 is 2.54 bits per heavy atom. The molecular formula is C20H22Cl2N2O2. The summed E-state index contributed by atoms with van der Waals surface area (Å²) in [5, 5.41) is 6.76. The van der Waals surface area contributed by atoms with E-state index in [-0.39, 0.29) is 29.8 Å². The SMILES string of the molecule is C=CC(=O)N[C@H]1CC[C@H](C(=O)NC(C)C#Cc2ccc(Cl)c(Cl)c2)CC1. The van der Waals surface area contributed by atoms with Gasteiger partial charge in [-0.3, -0.25) is 9.59 Å². The molecule has 0 radical (unpaired) electrons. The third kappa shape index (κ3) is 6.09. The molecule has 4 nitrogen and oxygen atoms in total. The first kappa shape index (κ1) is 20.4. The van der Waals surface area contributed by atoms with Gasteiger partial charge < -0.3 is 10.6 Å². The number of carbonyl (C=O) groups is 2. The van der Waals surface area contributed by atoms with Crippen LogP contribution >= 0.6 is 23.2 Å². The number of amides is 2. The molecule has 1 aromatic carbocycles. The lowest BCUT2D eigenvalue weighted by atomic mass is 9.85. The number of hydrogen-bond donors (Lipinski definition) is 2. The summed E-state index contributed by atoms with van der Waals surface area (Å²) >= 11 is 11.8. The van der Waals surface area contributed by atoms with Crippen LogP contribution in [0.1, 0.15) is 38.2 Å². The Kier molecular flexibility index (Phi) is 7.56. The van der Waals surface area contributed by atoms with Crippen LogP contribution in [0.2, 0.25) is 10.0 Å². The molecule has 0 aliphatic heterocycles. The maximum absolute atomic E-state index is 12.4. The van der Waals surface area contributed by atoms with Gasteiger partial charge in [-0.15, -0.1) is 0 Å². The molecule has 2 rings (SSSR count). The fourth-order valence-corrected chi connectivity index (χ4v) is 3.19. The summed E-state index contributed by atoms with van der Waals surface area (Å²) in [6.07, 6.45) is 4.36. The highest BCUT2D eigenvalue weighted by Crippen LogP contribution is 2.25. The van der Waals surface area contributed by atoms with E-state index < -0.39 is 0 Å². The zero-order valence-corrected chi connectivity index (χ0v) is 16.2. The molecule has 1 unspecified atom stereocenters. The van der Waals surface area contributed by atoms with Gasteiger partial charge in [0.1, 0.15) is 0 Å². The average Bonchev–Trinajstić information content (AvgIpc) is 2.63. The van der Waals surface area contributed by atoms with Crippen molar-refractivity contribution in [3.05, 3.63) is 46.5 Å². The van der Waals surface area contributed by atoms with Crippen molar-refractivity contribution in [1.82, 2.24) is 10.6 Å². The van der Waals surface area contributed by atoms with Gasteiger partial charge >= 0.3 is 0 Å².